The molecule has 1 nitrogen and oxygen atoms in total. The van der Waals surface area contributed by atoms with Gasteiger partial charge in [0, 0.05) is 9.75 Å². The van der Waals surface area contributed by atoms with Crippen LogP contribution in [0.3, 0.4) is 0 Å². The molecule has 0 saturated heterocycles. The van der Waals surface area contributed by atoms with Crippen LogP contribution in [0.25, 0.3) is 5.57 Å². The molecule has 1 aromatic heterocycles. The molecule has 1 aliphatic carbocycles. The first kappa shape index (κ1) is 8.02. The molecule has 12 heavy (non-hydrogen) atoms. The van der Waals surface area contributed by atoms with Gasteiger partial charge in [-0.3, -0.25) is 0 Å². The monoisotopic (exact) mass is 180 g/mol. The number of rotatable bonds is 1. The molecule has 2 rings (SSSR count). The number of aryl methyl sites for hydroxylation is 1. The van der Waals surface area contributed by atoms with Gasteiger partial charge in [0.2, 0.25) is 0 Å². The molecule has 0 aliphatic heterocycles. The Balaban J connectivity index is 2.26. The lowest BCUT2D eigenvalue weighted by Crippen LogP contribution is -1.93. The second kappa shape index (κ2) is 3.04. The Hall–Kier alpha value is -0.600. The van der Waals surface area contributed by atoms with E-state index in [9.17, 15) is 5.11 Å². The van der Waals surface area contributed by atoms with E-state index in [4.69, 9.17) is 0 Å². The molecule has 1 atom stereocenters. The van der Waals surface area contributed by atoms with Crippen LogP contribution in [0.2, 0.25) is 0 Å². The van der Waals surface area contributed by atoms with E-state index in [1.54, 1.807) is 0 Å². The van der Waals surface area contributed by atoms with Gasteiger partial charge in [-0.15, -0.1) is 11.3 Å². The van der Waals surface area contributed by atoms with E-state index in [-0.39, 0.29) is 6.10 Å². The summed E-state index contributed by atoms with van der Waals surface area (Å²) < 4.78 is 0. The summed E-state index contributed by atoms with van der Waals surface area (Å²) in [6.45, 7) is 2.11. The van der Waals surface area contributed by atoms with Gasteiger partial charge in [-0.05, 0) is 37.5 Å². The second-order valence-corrected chi connectivity index (χ2v) is 4.50. The number of hydrogen-bond donors (Lipinski definition) is 1. The Bertz CT molecular complexity index is 311. The smallest absolute Gasteiger partial charge is 0.0730 e. The van der Waals surface area contributed by atoms with Gasteiger partial charge < -0.3 is 5.11 Å². The summed E-state index contributed by atoms with van der Waals surface area (Å²) in [5.74, 6) is 0. The van der Waals surface area contributed by atoms with Crippen LogP contribution in [0.1, 0.15) is 22.6 Å². The highest BCUT2D eigenvalue weighted by molar-refractivity contribution is 7.13. The summed E-state index contributed by atoms with van der Waals surface area (Å²) in [7, 11) is 0. The summed E-state index contributed by atoms with van der Waals surface area (Å²) in [4.78, 5) is 2.66. The minimum absolute atomic E-state index is 0.206. The molecule has 0 radical (unpaired) electrons. The molecular weight excluding hydrogens is 168 g/mol. The summed E-state index contributed by atoms with van der Waals surface area (Å²) >= 11 is 1.81. The predicted octanol–water partition coefficient (Wildman–Crippen LogP) is 2.59. The van der Waals surface area contributed by atoms with Crippen LogP contribution < -0.4 is 0 Å². The summed E-state index contributed by atoms with van der Waals surface area (Å²) in [5, 5.41) is 9.30. The molecule has 64 valence electrons. The fraction of sp³-hybridized carbons (Fsp3) is 0.400. The van der Waals surface area contributed by atoms with Crippen molar-refractivity contribution in [2.24, 2.45) is 0 Å². The Morgan fingerprint density at radius 3 is 2.83 bits per heavy atom. The molecule has 0 bridgehead atoms. The molecule has 1 unspecified atom stereocenters. The van der Waals surface area contributed by atoms with Gasteiger partial charge in [0.05, 0.1) is 6.10 Å². The first-order valence-electron chi connectivity index (χ1n) is 4.21. The van der Waals surface area contributed by atoms with Gasteiger partial charge in [0.15, 0.2) is 0 Å². The maximum absolute atomic E-state index is 9.30. The van der Waals surface area contributed by atoms with Crippen molar-refractivity contribution in [3.63, 3.8) is 0 Å². The van der Waals surface area contributed by atoms with Crippen LogP contribution in [-0.4, -0.2) is 11.2 Å². The molecule has 0 fully saturated rings. The zero-order valence-electron chi connectivity index (χ0n) is 7.08. The van der Waals surface area contributed by atoms with E-state index >= 15 is 0 Å². The van der Waals surface area contributed by atoms with Crippen LogP contribution >= 0.6 is 11.3 Å². The van der Waals surface area contributed by atoms with Crippen molar-refractivity contribution >= 4 is 16.9 Å². The third-order valence-corrected chi connectivity index (χ3v) is 3.24. The van der Waals surface area contributed by atoms with Gasteiger partial charge in [0.1, 0.15) is 0 Å². The average molecular weight is 180 g/mol. The molecule has 1 aliphatic rings. The van der Waals surface area contributed by atoms with E-state index in [0.29, 0.717) is 0 Å². The fourth-order valence-electron chi connectivity index (χ4n) is 1.51. The summed E-state index contributed by atoms with van der Waals surface area (Å²) in [5.41, 5.74) is 1.32. The van der Waals surface area contributed by atoms with Crippen LogP contribution in [0.4, 0.5) is 0 Å². The van der Waals surface area contributed by atoms with E-state index in [0.717, 1.165) is 12.8 Å². The Labute approximate surface area is 76.4 Å². The van der Waals surface area contributed by atoms with E-state index < -0.39 is 0 Å². The highest BCUT2D eigenvalue weighted by atomic mass is 32.1. The lowest BCUT2D eigenvalue weighted by Gasteiger charge is -1.93. The Kier molecular flexibility index (Phi) is 2.03. The van der Waals surface area contributed by atoms with Gasteiger partial charge >= 0.3 is 0 Å². The number of allylic oxidation sites excluding steroid dienone is 1. The van der Waals surface area contributed by atoms with Crippen molar-refractivity contribution in [2.75, 3.05) is 0 Å². The topological polar surface area (TPSA) is 20.2 Å². The van der Waals surface area contributed by atoms with Crippen LogP contribution in [0.15, 0.2) is 18.2 Å². The fourth-order valence-corrected chi connectivity index (χ4v) is 2.43. The normalized spacial score (nSPS) is 22.8. The molecule has 0 spiro atoms. The molecule has 1 heterocycles. The molecule has 1 N–H and O–H groups in total. The summed E-state index contributed by atoms with van der Waals surface area (Å²) in [6, 6.07) is 4.27. The van der Waals surface area contributed by atoms with Crippen molar-refractivity contribution in [3.05, 3.63) is 28.0 Å². The molecule has 0 amide bonds. The minimum atomic E-state index is -0.206. The maximum atomic E-state index is 9.30. The molecule has 2 heteroatoms. The summed E-state index contributed by atoms with van der Waals surface area (Å²) in [6.07, 6.45) is 3.70. The lowest BCUT2D eigenvalue weighted by molar-refractivity contribution is 0.223. The van der Waals surface area contributed by atoms with Crippen LogP contribution in [0, 0.1) is 6.92 Å². The number of aliphatic hydroxyl groups is 1. The largest absolute Gasteiger partial charge is 0.389 e. The zero-order valence-corrected chi connectivity index (χ0v) is 7.90. The van der Waals surface area contributed by atoms with Crippen molar-refractivity contribution < 1.29 is 5.11 Å². The predicted molar refractivity (Wildman–Crippen MR) is 52.3 cm³/mol. The van der Waals surface area contributed by atoms with E-state index in [1.807, 2.05) is 17.4 Å². The van der Waals surface area contributed by atoms with Crippen LogP contribution in [-0.2, 0) is 0 Å². The highest BCUT2D eigenvalue weighted by Crippen LogP contribution is 2.32. The first-order valence-corrected chi connectivity index (χ1v) is 5.03. The van der Waals surface area contributed by atoms with Crippen molar-refractivity contribution in [3.8, 4) is 0 Å². The molecule has 1 aromatic rings. The van der Waals surface area contributed by atoms with Crippen molar-refractivity contribution in [1.82, 2.24) is 0 Å². The van der Waals surface area contributed by atoms with Gasteiger partial charge in [0.25, 0.3) is 0 Å². The average Bonchev–Trinajstić information content (AvgIpc) is 2.58. The maximum Gasteiger partial charge on any atom is 0.0730 e. The SMILES string of the molecule is Cc1ccc(C2=CC(O)CC2)s1. The number of hydrogen-bond acceptors (Lipinski definition) is 2. The molecular formula is C10H12OS. The van der Waals surface area contributed by atoms with Gasteiger partial charge in [-0.25, -0.2) is 0 Å². The van der Waals surface area contributed by atoms with Crippen molar-refractivity contribution in [1.29, 1.82) is 0 Å². The van der Waals surface area contributed by atoms with Gasteiger partial charge in [-0.2, -0.15) is 0 Å². The van der Waals surface area contributed by atoms with Crippen LogP contribution in [0.5, 0.6) is 0 Å². The highest BCUT2D eigenvalue weighted by Gasteiger charge is 2.14. The van der Waals surface area contributed by atoms with Gasteiger partial charge in [-0.1, -0.05) is 6.08 Å². The molecule has 0 aromatic carbocycles. The third-order valence-electron chi connectivity index (χ3n) is 2.16. The Morgan fingerprint density at radius 2 is 2.33 bits per heavy atom. The third kappa shape index (κ3) is 1.45. The molecule has 0 saturated carbocycles. The van der Waals surface area contributed by atoms with E-state index in [2.05, 4.69) is 19.1 Å². The lowest BCUT2D eigenvalue weighted by atomic mass is 10.2. The standard InChI is InChI=1S/C10H12OS/c1-7-2-5-10(12-7)8-3-4-9(11)6-8/h2,5-6,9,11H,3-4H2,1H3. The van der Waals surface area contributed by atoms with E-state index in [1.165, 1.54) is 15.3 Å². The minimum Gasteiger partial charge on any atom is -0.389 e. The number of aliphatic hydroxyl groups excluding tert-OH is 1. The zero-order chi connectivity index (χ0) is 8.55. The quantitative estimate of drug-likeness (QED) is 0.704. The first-order chi connectivity index (χ1) is 5.75. The van der Waals surface area contributed by atoms with Crippen molar-refractivity contribution in [2.45, 2.75) is 25.9 Å². The number of thiophene rings is 1. The Morgan fingerprint density at radius 1 is 1.50 bits per heavy atom. The second-order valence-electron chi connectivity index (χ2n) is 3.21.